The number of rotatable bonds is 21. The Morgan fingerprint density at radius 3 is 2.03 bits per heavy atom. The minimum Gasteiger partial charge on any atom is -0.468 e. The van der Waals surface area contributed by atoms with Crippen molar-refractivity contribution in [3.05, 3.63) is 30.3 Å². The number of carbonyl (C=O) groups excluding carboxylic acids is 1. The van der Waals surface area contributed by atoms with Crippen molar-refractivity contribution in [3.8, 4) is 5.75 Å². The van der Waals surface area contributed by atoms with Gasteiger partial charge in [0.2, 0.25) is 0 Å². The fourth-order valence-electron chi connectivity index (χ4n) is 3.20. The van der Waals surface area contributed by atoms with E-state index in [0.29, 0.717) is 12.2 Å². The van der Waals surface area contributed by atoms with Crippen molar-refractivity contribution in [2.24, 2.45) is 0 Å². The Labute approximate surface area is 196 Å². The van der Waals surface area contributed by atoms with Crippen LogP contribution in [0.15, 0.2) is 30.3 Å². The van der Waals surface area contributed by atoms with Crippen LogP contribution < -0.4 is 4.74 Å². The lowest BCUT2D eigenvalue weighted by atomic mass is 10.0. The van der Waals surface area contributed by atoms with Crippen molar-refractivity contribution in [1.82, 2.24) is 0 Å². The highest BCUT2D eigenvalue weighted by atomic mass is 16.7. The van der Waals surface area contributed by atoms with E-state index in [9.17, 15) is 9.90 Å². The molecule has 1 unspecified atom stereocenters. The van der Waals surface area contributed by atoms with E-state index in [1.165, 1.54) is 51.4 Å². The predicted molar refractivity (Wildman–Crippen MR) is 125 cm³/mol. The number of aliphatic hydroxyl groups is 1. The summed E-state index contributed by atoms with van der Waals surface area (Å²) in [4.78, 5) is 12.2. The molecule has 31 heavy (non-hydrogen) atoms. The van der Waals surface area contributed by atoms with Gasteiger partial charge in [0.15, 0.2) is 6.79 Å². The number of hydrogen-bond acceptors (Lipinski definition) is 5. The molecule has 5 heteroatoms. The molecule has 0 aliphatic heterocycles. The van der Waals surface area contributed by atoms with Gasteiger partial charge in [-0.05, 0) is 18.6 Å². The highest BCUT2D eigenvalue weighted by molar-refractivity contribution is 5.69. The van der Waals surface area contributed by atoms with Crippen molar-refractivity contribution in [3.63, 3.8) is 0 Å². The van der Waals surface area contributed by atoms with Crippen molar-refractivity contribution in [2.75, 3.05) is 19.9 Å². The Bertz CT molecular complexity index is 714. The van der Waals surface area contributed by atoms with E-state index in [4.69, 9.17) is 21.1 Å². The molecule has 1 N–H and O–H groups in total. The summed E-state index contributed by atoms with van der Waals surface area (Å²) in [5.41, 5.74) is 0. The third-order valence-corrected chi connectivity index (χ3v) is 5.02. The molecule has 5 nitrogen and oxygen atoms in total. The summed E-state index contributed by atoms with van der Waals surface area (Å²) < 4.78 is 54.0. The third-order valence-electron chi connectivity index (χ3n) is 5.02. The van der Waals surface area contributed by atoms with Gasteiger partial charge in [-0.2, -0.15) is 0 Å². The van der Waals surface area contributed by atoms with E-state index < -0.39 is 32.0 Å². The maximum absolute atomic E-state index is 12.2. The summed E-state index contributed by atoms with van der Waals surface area (Å²) in [5, 5.41) is 9.82. The average Bonchev–Trinajstić information content (AvgIpc) is 2.81. The molecule has 178 valence electrons. The van der Waals surface area contributed by atoms with Gasteiger partial charge in [-0.1, -0.05) is 102 Å². The van der Waals surface area contributed by atoms with Gasteiger partial charge in [0.05, 0.1) is 13.4 Å². The molecule has 1 aromatic carbocycles. The minimum atomic E-state index is -3.48. The average molecular weight is 442 g/mol. The zero-order valence-electron chi connectivity index (χ0n) is 24.1. The van der Waals surface area contributed by atoms with Crippen molar-refractivity contribution in [1.29, 1.82) is 0 Å². The normalized spacial score (nSPS) is 16.3. The first-order chi connectivity index (χ1) is 17.0. The van der Waals surface area contributed by atoms with Gasteiger partial charge >= 0.3 is 5.97 Å². The maximum Gasteiger partial charge on any atom is 0.305 e. The van der Waals surface area contributed by atoms with Gasteiger partial charge in [0.1, 0.15) is 18.4 Å². The van der Waals surface area contributed by atoms with E-state index in [2.05, 4.69) is 6.92 Å². The standard InChI is InChI=1S/C26H44O5/c1-2-3-4-5-6-7-8-9-10-11-12-13-17-20-26(28)29-22-25(21-27)31-23-30-24-18-15-14-16-19-24/h14-16,18-19,25,27H,2-13,17,20-23H2,1H3/i21D2,22D2,25D. The first kappa shape index (κ1) is 20.0. The molecule has 0 saturated carbocycles. The lowest BCUT2D eigenvalue weighted by molar-refractivity contribution is -0.152. The van der Waals surface area contributed by atoms with Crippen LogP contribution >= 0.6 is 0 Å². The molecule has 0 fully saturated rings. The summed E-state index contributed by atoms with van der Waals surface area (Å²) in [6.07, 6.45) is 11.6. The van der Waals surface area contributed by atoms with Crippen LogP contribution in [0.4, 0.5) is 0 Å². The molecule has 0 heterocycles. The number of ether oxygens (including phenoxy) is 3. The second-order valence-electron chi connectivity index (χ2n) is 7.73. The highest BCUT2D eigenvalue weighted by Gasteiger charge is 2.12. The topological polar surface area (TPSA) is 65.0 Å². The fourth-order valence-corrected chi connectivity index (χ4v) is 3.20. The molecule has 1 atom stereocenters. The molecule has 1 aromatic rings. The molecular weight excluding hydrogens is 392 g/mol. The van der Waals surface area contributed by atoms with Crippen molar-refractivity contribution in [2.45, 2.75) is 103 Å². The van der Waals surface area contributed by atoms with Crippen molar-refractivity contribution < 1.29 is 31.0 Å². The van der Waals surface area contributed by atoms with Crippen LogP contribution in [-0.2, 0) is 14.3 Å². The lowest BCUT2D eigenvalue weighted by Gasteiger charge is -2.16. The number of para-hydroxylation sites is 1. The second kappa shape index (κ2) is 20.3. The maximum atomic E-state index is 12.2. The lowest BCUT2D eigenvalue weighted by Crippen LogP contribution is -2.27. The van der Waals surface area contributed by atoms with E-state index in [1.54, 1.807) is 30.3 Å². The summed E-state index contributed by atoms with van der Waals surface area (Å²) in [6, 6.07) is 8.31. The summed E-state index contributed by atoms with van der Waals surface area (Å²) in [7, 11) is 0. The van der Waals surface area contributed by atoms with Crippen molar-refractivity contribution >= 4 is 5.97 Å². The number of carbonyl (C=O) groups is 1. The molecule has 0 spiro atoms. The smallest absolute Gasteiger partial charge is 0.305 e. The zero-order chi connectivity index (χ0) is 26.9. The Balaban J connectivity index is 2.31. The third kappa shape index (κ3) is 16.7. The van der Waals surface area contributed by atoms with Gasteiger partial charge in [-0.25, -0.2) is 0 Å². The number of benzene rings is 1. The van der Waals surface area contributed by atoms with Crippen LogP contribution in [0.5, 0.6) is 5.75 Å². The Morgan fingerprint density at radius 1 is 0.935 bits per heavy atom. The van der Waals surface area contributed by atoms with Gasteiger partial charge in [-0.3, -0.25) is 4.79 Å². The van der Waals surface area contributed by atoms with E-state index >= 15 is 0 Å². The molecule has 0 radical (unpaired) electrons. The van der Waals surface area contributed by atoms with E-state index in [0.717, 1.165) is 25.7 Å². The summed E-state index contributed by atoms with van der Waals surface area (Å²) in [6.45, 7) is -5.25. The minimum absolute atomic E-state index is 0.0672. The Hall–Kier alpha value is -1.59. The van der Waals surface area contributed by atoms with Crippen LogP contribution in [0.1, 0.15) is 104 Å². The molecular formula is C26H44O5. The first-order valence-electron chi connectivity index (χ1n) is 14.3. The van der Waals surface area contributed by atoms with E-state index in [1.807, 2.05) is 0 Å². The van der Waals surface area contributed by atoms with Crippen LogP contribution in [0.2, 0.25) is 0 Å². The largest absolute Gasteiger partial charge is 0.468 e. The first-order valence-corrected chi connectivity index (χ1v) is 11.8. The zero-order valence-corrected chi connectivity index (χ0v) is 19.1. The van der Waals surface area contributed by atoms with Gasteiger partial charge in [-0.15, -0.1) is 0 Å². The Kier molecular flexibility index (Phi) is 13.1. The molecule has 0 aromatic heterocycles. The SMILES string of the molecule is [2H]C([2H])(O)C([2H])(OCOc1ccccc1)C([2H])([2H])OC(=O)CCCCCCCCCCCCCCC. The highest BCUT2D eigenvalue weighted by Crippen LogP contribution is 2.13. The van der Waals surface area contributed by atoms with Crippen LogP contribution in [0.25, 0.3) is 0 Å². The number of esters is 1. The van der Waals surface area contributed by atoms with Crippen LogP contribution in [0.3, 0.4) is 0 Å². The molecule has 1 rings (SSSR count). The summed E-state index contributed by atoms with van der Waals surface area (Å²) in [5.74, 6) is -0.574. The van der Waals surface area contributed by atoms with Crippen LogP contribution in [-0.4, -0.2) is 37.1 Å². The summed E-state index contributed by atoms with van der Waals surface area (Å²) >= 11 is 0. The van der Waals surface area contributed by atoms with Gasteiger partial charge in [0.25, 0.3) is 0 Å². The number of unbranched alkanes of at least 4 members (excludes halogenated alkanes) is 12. The van der Waals surface area contributed by atoms with Gasteiger partial charge in [0, 0.05) is 6.42 Å². The quantitative estimate of drug-likeness (QED) is 0.135. The second-order valence-corrected chi connectivity index (χ2v) is 7.73. The van der Waals surface area contributed by atoms with E-state index in [-0.39, 0.29) is 6.42 Å². The predicted octanol–water partition coefficient (Wildman–Crippen LogP) is 6.42. The molecule has 0 amide bonds. The fraction of sp³-hybridized carbons (Fsp3) is 0.731. The number of hydrogen-bond donors (Lipinski definition) is 1. The van der Waals surface area contributed by atoms with Crippen LogP contribution in [0, 0.1) is 0 Å². The van der Waals surface area contributed by atoms with Gasteiger partial charge < -0.3 is 19.3 Å². The molecule has 0 bridgehead atoms. The molecule has 0 aliphatic rings. The monoisotopic (exact) mass is 441 g/mol. The molecule has 0 aliphatic carbocycles. The Morgan fingerprint density at radius 2 is 1.48 bits per heavy atom. The molecule has 0 saturated heterocycles.